The third kappa shape index (κ3) is 17.9. The van der Waals surface area contributed by atoms with Crippen LogP contribution in [-0.4, -0.2) is 78.0 Å². The minimum atomic E-state index is -2.46. The summed E-state index contributed by atoms with van der Waals surface area (Å²) in [6.45, 7) is 21.7. The summed E-state index contributed by atoms with van der Waals surface area (Å²) in [4.78, 5) is 23.2. The number of esters is 2. The summed E-state index contributed by atoms with van der Waals surface area (Å²) in [5, 5.41) is 0. The van der Waals surface area contributed by atoms with Gasteiger partial charge in [0, 0.05) is 24.9 Å². The van der Waals surface area contributed by atoms with Gasteiger partial charge in [-0.3, -0.25) is 0 Å². The topological polar surface area (TPSA) is 89.5 Å². The second-order valence-electron chi connectivity index (χ2n) is 9.55. The van der Waals surface area contributed by atoms with Crippen molar-refractivity contribution < 1.29 is 36.8 Å². The van der Waals surface area contributed by atoms with Crippen molar-refractivity contribution >= 4 is 37.9 Å². The van der Waals surface area contributed by atoms with Gasteiger partial charge in [-0.2, -0.15) is 0 Å². The van der Waals surface area contributed by atoms with E-state index in [1.807, 2.05) is 0 Å². The standard InChI is InChI=1S/C24H47O8Si3/c1-21(2)23(25)29-14-10-18-33(6)31-35(9,20-11-13-28-17-16-27-5)32-34(7,8)19-12-15-30-24(26)22(3)4/h1,3,10-20H2,2,4-9H3. The van der Waals surface area contributed by atoms with Crippen LogP contribution >= 0.6 is 0 Å². The maximum absolute atomic E-state index is 11.6. The van der Waals surface area contributed by atoms with Gasteiger partial charge in [0.2, 0.25) is 0 Å². The van der Waals surface area contributed by atoms with E-state index in [-0.39, 0.29) is 11.9 Å². The SMILES string of the molecule is C=C(C)C(=O)OCCC[Si](C)O[Si](C)(CCCOCCOC)O[Si](C)(C)CCCOC(=O)C(=C)C. The molecule has 1 unspecified atom stereocenters. The maximum Gasteiger partial charge on any atom is 0.333 e. The third-order valence-electron chi connectivity index (χ3n) is 4.99. The molecule has 0 amide bonds. The second-order valence-corrected chi connectivity index (χ2v) is 19.9. The molecule has 0 aliphatic carbocycles. The normalized spacial score (nSPS) is 13.4. The molecule has 0 saturated heterocycles. The fourth-order valence-corrected chi connectivity index (χ4v) is 15.5. The van der Waals surface area contributed by atoms with Crippen LogP contribution in [0.1, 0.15) is 33.1 Å². The van der Waals surface area contributed by atoms with Crippen molar-refractivity contribution in [3.63, 3.8) is 0 Å². The number of ether oxygens (including phenoxy) is 4. The van der Waals surface area contributed by atoms with E-state index in [1.165, 1.54) is 0 Å². The van der Waals surface area contributed by atoms with Crippen LogP contribution in [0.15, 0.2) is 24.3 Å². The van der Waals surface area contributed by atoms with Crippen molar-refractivity contribution in [2.75, 3.05) is 40.1 Å². The zero-order valence-electron chi connectivity index (χ0n) is 23.0. The van der Waals surface area contributed by atoms with Crippen LogP contribution in [0.2, 0.25) is 44.3 Å². The Morgan fingerprint density at radius 2 is 1.34 bits per heavy atom. The van der Waals surface area contributed by atoms with Crippen LogP contribution < -0.4 is 0 Å². The number of rotatable bonds is 21. The quantitative estimate of drug-likeness (QED) is 0.0859. The van der Waals surface area contributed by atoms with Gasteiger partial charge in [0.05, 0.1) is 26.4 Å². The van der Waals surface area contributed by atoms with Gasteiger partial charge in [0.1, 0.15) is 0 Å². The molecule has 1 radical (unpaired) electrons. The van der Waals surface area contributed by atoms with Crippen molar-refractivity contribution in [1.82, 2.24) is 0 Å². The molecule has 1 atom stereocenters. The third-order valence-corrected chi connectivity index (χ3v) is 15.9. The second kappa shape index (κ2) is 18.2. The van der Waals surface area contributed by atoms with Gasteiger partial charge < -0.3 is 27.2 Å². The Bertz CT molecular complexity index is 671. The first-order valence-corrected chi connectivity index (χ1v) is 20.0. The van der Waals surface area contributed by atoms with E-state index in [2.05, 4.69) is 39.3 Å². The minimum absolute atomic E-state index is 0.353. The zero-order valence-corrected chi connectivity index (χ0v) is 26.0. The molecule has 0 aromatic carbocycles. The average Bonchev–Trinajstić information content (AvgIpc) is 2.75. The Hall–Kier alpha value is -1.09. The van der Waals surface area contributed by atoms with Gasteiger partial charge in [-0.05, 0) is 77.4 Å². The molecule has 0 N–H and O–H groups in total. The van der Waals surface area contributed by atoms with E-state index in [0.717, 1.165) is 37.4 Å². The van der Waals surface area contributed by atoms with Crippen molar-refractivity contribution in [1.29, 1.82) is 0 Å². The Labute approximate surface area is 216 Å². The fraction of sp³-hybridized carbons (Fsp3) is 0.750. The number of carbonyl (C=O) groups excluding carboxylic acids is 2. The molecule has 0 bridgehead atoms. The highest BCUT2D eigenvalue weighted by Gasteiger charge is 2.39. The predicted molar refractivity (Wildman–Crippen MR) is 145 cm³/mol. The molecule has 35 heavy (non-hydrogen) atoms. The fourth-order valence-electron chi connectivity index (χ4n) is 3.31. The highest BCUT2D eigenvalue weighted by Crippen LogP contribution is 2.26. The summed E-state index contributed by atoms with van der Waals surface area (Å²) >= 11 is 0. The Morgan fingerprint density at radius 1 is 0.800 bits per heavy atom. The van der Waals surface area contributed by atoms with Crippen molar-refractivity contribution in [3.8, 4) is 0 Å². The largest absolute Gasteiger partial charge is 0.462 e. The summed E-state index contributed by atoms with van der Waals surface area (Å²) in [6.07, 6.45) is 2.36. The van der Waals surface area contributed by atoms with Gasteiger partial charge in [0.25, 0.3) is 0 Å². The number of carbonyl (C=O) groups is 2. The Kier molecular flexibility index (Phi) is 17.6. The van der Waals surface area contributed by atoms with E-state index in [1.54, 1.807) is 21.0 Å². The molecule has 0 fully saturated rings. The Morgan fingerprint density at radius 3 is 1.89 bits per heavy atom. The van der Waals surface area contributed by atoms with E-state index >= 15 is 0 Å². The van der Waals surface area contributed by atoms with E-state index in [0.29, 0.717) is 44.2 Å². The molecule has 0 aromatic rings. The molecule has 0 aromatic heterocycles. The maximum atomic E-state index is 11.6. The lowest BCUT2D eigenvalue weighted by atomic mass is 10.4. The lowest BCUT2D eigenvalue weighted by Gasteiger charge is -2.37. The first-order valence-electron chi connectivity index (χ1n) is 12.3. The number of hydrogen-bond acceptors (Lipinski definition) is 8. The molecule has 0 aliphatic rings. The first kappa shape index (κ1) is 33.9. The molecule has 0 spiro atoms. The number of hydrogen-bond donors (Lipinski definition) is 0. The monoisotopic (exact) mass is 547 g/mol. The van der Waals surface area contributed by atoms with E-state index in [9.17, 15) is 9.59 Å². The van der Waals surface area contributed by atoms with Gasteiger partial charge in [-0.25, -0.2) is 9.59 Å². The first-order chi connectivity index (χ1) is 16.3. The molecule has 11 heteroatoms. The van der Waals surface area contributed by atoms with Crippen LogP contribution in [0.25, 0.3) is 0 Å². The van der Waals surface area contributed by atoms with Crippen LogP contribution in [-0.2, 0) is 36.8 Å². The molecule has 0 heterocycles. The average molecular weight is 548 g/mol. The molecule has 203 valence electrons. The van der Waals surface area contributed by atoms with Crippen molar-refractivity contribution in [2.24, 2.45) is 0 Å². The smallest absolute Gasteiger partial charge is 0.333 e. The van der Waals surface area contributed by atoms with Crippen LogP contribution in [0.4, 0.5) is 0 Å². The lowest BCUT2D eigenvalue weighted by molar-refractivity contribution is -0.139. The minimum Gasteiger partial charge on any atom is -0.462 e. The highest BCUT2D eigenvalue weighted by atomic mass is 28.5. The van der Waals surface area contributed by atoms with Crippen molar-refractivity contribution in [2.45, 2.75) is 77.4 Å². The van der Waals surface area contributed by atoms with E-state index < -0.39 is 25.9 Å². The highest BCUT2D eigenvalue weighted by molar-refractivity contribution is 6.85. The zero-order chi connectivity index (χ0) is 26.9. The molecule has 0 aliphatic heterocycles. The summed E-state index contributed by atoms with van der Waals surface area (Å²) in [5.74, 6) is -0.706. The predicted octanol–water partition coefficient (Wildman–Crippen LogP) is 4.99. The summed E-state index contributed by atoms with van der Waals surface area (Å²) in [6, 6.07) is 2.58. The summed E-state index contributed by atoms with van der Waals surface area (Å²) in [7, 11) is -3.98. The van der Waals surface area contributed by atoms with Gasteiger partial charge in [0.15, 0.2) is 17.4 Å². The van der Waals surface area contributed by atoms with Crippen molar-refractivity contribution in [3.05, 3.63) is 24.3 Å². The van der Waals surface area contributed by atoms with Gasteiger partial charge in [-0.1, -0.05) is 13.2 Å². The summed E-state index contributed by atoms with van der Waals surface area (Å²) < 4.78 is 34.6. The van der Waals surface area contributed by atoms with E-state index in [4.69, 9.17) is 27.2 Å². The molecular weight excluding hydrogens is 501 g/mol. The molecular formula is C24H47O8Si3. The number of methoxy groups -OCH3 is 1. The van der Waals surface area contributed by atoms with Crippen LogP contribution in [0.5, 0.6) is 0 Å². The molecule has 0 rings (SSSR count). The van der Waals surface area contributed by atoms with Gasteiger partial charge in [-0.15, -0.1) is 0 Å². The molecule has 8 nitrogen and oxygen atoms in total. The summed E-state index contributed by atoms with van der Waals surface area (Å²) in [5.41, 5.74) is 0.817. The lowest BCUT2D eigenvalue weighted by Crippen LogP contribution is -2.51. The Balaban J connectivity index is 4.84. The van der Waals surface area contributed by atoms with Gasteiger partial charge >= 0.3 is 20.5 Å². The molecule has 0 saturated carbocycles. The van der Waals surface area contributed by atoms with Crippen LogP contribution in [0.3, 0.4) is 0 Å². The van der Waals surface area contributed by atoms with Crippen LogP contribution in [0, 0.1) is 0 Å².